The Kier molecular flexibility index (Phi) is 5.41. The topological polar surface area (TPSA) is 35.5 Å². The van der Waals surface area contributed by atoms with Gasteiger partial charge in [-0.15, -0.1) is 0 Å². The third-order valence-electron chi connectivity index (χ3n) is 2.44. The summed E-state index contributed by atoms with van der Waals surface area (Å²) in [5.41, 5.74) is 1.14. The van der Waals surface area contributed by atoms with Crippen LogP contribution in [0.15, 0.2) is 24.3 Å². The minimum Gasteiger partial charge on any atom is -0.520 e. The highest BCUT2D eigenvalue weighted by atomic mass is 28.4. The Morgan fingerprint density at radius 3 is 2.50 bits per heavy atom. The van der Waals surface area contributed by atoms with Crippen LogP contribution in [-0.2, 0) is 15.6 Å². The van der Waals surface area contributed by atoms with E-state index in [0.717, 1.165) is 24.2 Å². The van der Waals surface area contributed by atoms with Crippen LogP contribution in [0.25, 0.3) is 0 Å². The number of ether oxygens (including phenoxy) is 1. The van der Waals surface area contributed by atoms with Crippen LogP contribution >= 0.6 is 0 Å². The lowest BCUT2D eigenvalue weighted by atomic mass is 10.1. The largest absolute Gasteiger partial charge is 0.520 e. The van der Waals surface area contributed by atoms with E-state index in [-0.39, 0.29) is 5.97 Å². The zero-order valence-electron chi connectivity index (χ0n) is 11.7. The van der Waals surface area contributed by atoms with Gasteiger partial charge in [0.05, 0.1) is 7.11 Å². The summed E-state index contributed by atoms with van der Waals surface area (Å²) in [5.74, 6) is 0.806. The van der Waals surface area contributed by atoms with E-state index in [2.05, 4.69) is 0 Å². The predicted molar refractivity (Wildman–Crippen MR) is 75.4 cm³/mol. The maximum atomic E-state index is 11.6. The molecule has 0 atom stereocenters. The zero-order valence-corrected chi connectivity index (χ0v) is 12.7. The van der Waals surface area contributed by atoms with Crippen molar-refractivity contribution in [1.82, 2.24) is 0 Å². The molecular weight excluding hydrogens is 244 g/mol. The Morgan fingerprint density at radius 2 is 1.89 bits per heavy atom. The van der Waals surface area contributed by atoms with Crippen molar-refractivity contribution < 1.29 is 14.0 Å². The Morgan fingerprint density at radius 1 is 1.22 bits per heavy atom. The van der Waals surface area contributed by atoms with Crippen LogP contribution in [0.4, 0.5) is 0 Å². The van der Waals surface area contributed by atoms with Crippen LogP contribution in [0.2, 0.25) is 19.6 Å². The summed E-state index contributed by atoms with van der Waals surface area (Å²) in [5, 5.41) is 0. The summed E-state index contributed by atoms with van der Waals surface area (Å²) in [6.07, 6.45) is 2.11. The molecule has 0 saturated heterocycles. The fraction of sp³-hybridized carbons (Fsp3) is 0.500. The normalized spacial score (nSPS) is 11.1. The van der Waals surface area contributed by atoms with Gasteiger partial charge in [0.25, 0.3) is 5.97 Å². The van der Waals surface area contributed by atoms with Crippen molar-refractivity contribution in [1.29, 1.82) is 0 Å². The van der Waals surface area contributed by atoms with Gasteiger partial charge in [-0.1, -0.05) is 18.2 Å². The number of hydrogen-bond donors (Lipinski definition) is 0. The molecule has 0 aliphatic rings. The number of benzene rings is 1. The molecular formula is C14H22O3Si. The lowest BCUT2D eigenvalue weighted by Crippen LogP contribution is -2.29. The molecule has 1 aromatic rings. The van der Waals surface area contributed by atoms with E-state index in [1.165, 1.54) is 0 Å². The quantitative estimate of drug-likeness (QED) is 0.740. The molecule has 0 N–H and O–H groups in total. The first kappa shape index (κ1) is 14.8. The average Bonchev–Trinajstić information content (AvgIpc) is 2.27. The van der Waals surface area contributed by atoms with E-state index in [1.807, 2.05) is 43.9 Å². The number of methoxy groups -OCH3 is 1. The maximum Gasteiger partial charge on any atom is 0.292 e. The summed E-state index contributed by atoms with van der Waals surface area (Å²) < 4.78 is 10.7. The molecule has 0 unspecified atom stereocenters. The third kappa shape index (κ3) is 5.36. The average molecular weight is 266 g/mol. The highest BCUT2D eigenvalue weighted by molar-refractivity contribution is 6.71. The Bertz CT molecular complexity index is 396. The maximum absolute atomic E-state index is 11.6. The van der Waals surface area contributed by atoms with E-state index >= 15 is 0 Å². The van der Waals surface area contributed by atoms with Crippen molar-refractivity contribution >= 4 is 14.3 Å². The molecule has 100 valence electrons. The first-order valence-electron chi connectivity index (χ1n) is 6.26. The highest BCUT2D eigenvalue weighted by Gasteiger charge is 2.19. The van der Waals surface area contributed by atoms with Gasteiger partial charge in [0.2, 0.25) is 8.32 Å². The third-order valence-corrected chi connectivity index (χ3v) is 3.28. The molecule has 0 fully saturated rings. The molecule has 0 aliphatic carbocycles. The summed E-state index contributed by atoms with van der Waals surface area (Å²) in [6, 6.07) is 7.90. The van der Waals surface area contributed by atoms with Gasteiger partial charge in [-0.25, -0.2) is 0 Å². The molecule has 0 bridgehead atoms. The number of aryl methyl sites for hydroxylation is 1. The SMILES string of the molecule is COc1ccccc1CCCC(=O)O[Si](C)(C)C. The van der Waals surface area contributed by atoms with Crippen LogP contribution in [-0.4, -0.2) is 21.4 Å². The second kappa shape index (κ2) is 6.59. The molecule has 0 amide bonds. The van der Waals surface area contributed by atoms with Crippen LogP contribution < -0.4 is 4.74 Å². The fourth-order valence-corrected chi connectivity index (χ4v) is 2.51. The van der Waals surface area contributed by atoms with Gasteiger partial charge >= 0.3 is 0 Å². The summed E-state index contributed by atoms with van der Waals surface area (Å²) in [4.78, 5) is 11.6. The van der Waals surface area contributed by atoms with Crippen LogP contribution in [0.3, 0.4) is 0 Å². The van der Waals surface area contributed by atoms with E-state index in [0.29, 0.717) is 6.42 Å². The molecule has 0 heterocycles. The lowest BCUT2D eigenvalue weighted by Gasteiger charge is -2.17. The van der Waals surface area contributed by atoms with E-state index < -0.39 is 8.32 Å². The molecule has 0 radical (unpaired) electrons. The molecule has 1 rings (SSSR count). The summed E-state index contributed by atoms with van der Waals surface area (Å²) >= 11 is 0. The van der Waals surface area contributed by atoms with Crippen LogP contribution in [0.1, 0.15) is 18.4 Å². The van der Waals surface area contributed by atoms with Gasteiger partial charge in [-0.2, -0.15) is 0 Å². The number of para-hydroxylation sites is 1. The van der Waals surface area contributed by atoms with E-state index in [9.17, 15) is 4.79 Å². The lowest BCUT2D eigenvalue weighted by molar-refractivity contribution is -0.135. The molecule has 3 nitrogen and oxygen atoms in total. The van der Waals surface area contributed by atoms with Gasteiger partial charge in [0.1, 0.15) is 5.75 Å². The minimum absolute atomic E-state index is 0.0796. The second-order valence-corrected chi connectivity index (χ2v) is 9.68. The smallest absolute Gasteiger partial charge is 0.292 e. The summed E-state index contributed by atoms with van der Waals surface area (Å²) in [6.45, 7) is 6.06. The van der Waals surface area contributed by atoms with Gasteiger partial charge in [0, 0.05) is 6.42 Å². The number of carbonyl (C=O) groups excluding carboxylic acids is 1. The predicted octanol–water partition coefficient (Wildman–Crippen LogP) is 3.40. The minimum atomic E-state index is -1.74. The fourth-order valence-electron chi connectivity index (χ4n) is 1.73. The number of carbonyl (C=O) groups is 1. The molecule has 0 aliphatic heterocycles. The number of rotatable bonds is 6. The van der Waals surface area contributed by atoms with E-state index in [1.54, 1.807) is 7.11 Å². The van der Waals surface area contributed by atoms with Crippen molar-refractivity contribution in [2.45, 2.75) is 38.9 Å². The molecule has 4 heteroatoms. The van der Waals surface area contributed by atoms with E-state index in [4.69, 9.17) is 9.16 Å². The van der Waals surface area contributed by atoms with Crippen molar-refractivity contribution in [3.05, 3.63) is 29.8 Å². The molecule has 1 aromatic carbocycles. The van der Waals surface area contributed by atoms with Crippen molar-refractivity contribution in [3.8, 4) is 5.75 Å². The summed E-state index contributed by atoms with van der Waals surface area (Å²) in [7, 11) is -0.0766. The van der Waals surface area contributed by atoms with Crippen LogP contribution in [0.5, 0.6) is 5.75 Å². The van der Waals surface area contributed by atoms with Crippen molar-refractivity contribution in [2.75, 3.05) is 7.11 Å². The monoisotopic (exact) mass is 266 g/mol. The Balaban J connectivity index is 2.40. The number of hydrogen-bond acceptors (Lipinski definition) is 3. The molecule has 0 spiro atoms. The van der Waals surface area contributed by atoms with Crippen molar-refractivity contribution in [2.24, 2.45) is 0 Å². The van der Waals surface area contributed by atoms with Gasteiger partial charge in [-0.05, 0) is 44.1 Å². The Labute approximate surface area is 110 Å². The zero-order chi connectivity index (χ0) is 13.6. The first-order chi connectivity index (χ1) is 8.42. The van der Waals surface area contributed by atoms with Gasteiger partial charge in [-0.3, -0.25) is 4.79 Å². The highest BCUT2D eigenvalue weighted by Crippen LogP contribution is 2.19. The van der Waals surface area contributed by atoms with Gasteiger partial charge in [0.15, 0.2) is 0 Å². The van der Waals surface area contributed by atoms with Crippen LogP contribution in [0, 0.1) is 0 Å². The standard InChI is InChI=1S/C14H22O3Si/c1-16-13-10-6-5-8-12(13)9-7-11-14(15)17-18(2,3)4/h5-6,8,10H,7,9,11H2,1-4H3. The Hall–Kier alpha value is -1.29. The van der Waals surface area contributed by atoms with Crippen molar-refractivity contribution in [3.63, 3.8) is 0 Å². The van der Waals surface area contributed by atoms with Gasteiger partial charge < -0.3 is 9.16 Å². The first-order valence-corrected chi connectivity index (χ1v) is 9.67. The second-order valence-electron chi connectivity index (χ2n) is 5.25. The molecule has 18 heavy (non-hydrogen) atoms. The molecule has 0 saturated carbocycles. The molecule has 0 aromatic heterocycles.